The fourth-order valence-electron chi connectivity index (χ4n) is 3.21. The van der Waals surface area contributed by atoms with Gasteiger partial charge in [0.05, 0.1) is 19.6 Å². The Balaban J connectivity index is 1.95. The Bertz CT molecular complexity index is 1130. The topological polar surface area (TPSA) is 88.5 Å². The number of hydrogen-bond donors (Lipinski definition) is 2. The molecule has 6 nitrogen and oxygen atoms in total. The number of rotatable bonds is 7. The van der Waals surface area contributed by atoms with Gasteiger partial charge in [-0.15, -0.1) is 0 Å². The van der Waals surface area contributed by atoms with Gasteiger partial charge in [0.15, 0.2) is 11.6 Å². The molecule has 3 aromatic rings. The van der Waals surface area contributed by atoms with Crippen LogP contribution in [0.15, 0.2) is 54.6 Å². The molecule has 0 fully saturated rings. The molecule has 160 valence electrons. The molecule has 8 heteroatoms. The van der Waals surface area contributed by atoms with Crippen LogP contribution in [-0.4, -0.2) is 29.1 Å². The van der Waals surface area contributed by atoms with Crippen molar-refractivity contribution in [3.8, 4) is 17.0 Å². The van der Waals surface area contributed by atoms with E-state index >= 15 is 0 Å². The predicted octanol–water partition coefficient (Wildman–Crippen LogP) is 4.29. The van der Waals surface area contributed by atoms with E-state index in [0.717, 1.165) is 17.7 Å². The molecular weight excluding hydrogens is 406 g/mol. The Morgan fingerprint density at radius 2 is 1.84 bits per heavy atom. The van der Waals surface area contributed by atoms with Crippen LogP contribution in [0, 0.1) is 18.6 Å². The SMILES string of the molecule is COc1ccc(C(=O)N[C@@H](CC(=O)O)c2ccccc2C)nc1-c1ccc(F)c(F)c1. The molecule has 0 saturated heterocycles. The van der Waals surface area contributed by atoms with Crippen LogP contribution in [0.5, 0.6) is 5.75 Å². The quantitative estimate of drug-likeness (QED) is 0.588. The number of hydrogen-bond acceptors (Lipinski definition) is 4. The van der Waals surface area contributed by atoms with E-state index in [9.17, 15) is 23.5 Å². The van der Waals surface area contributed by atoms with Gasteiger partial charge in [0.2, 0.25) is 0 Å². The van der Waals surface area contributed by atoms with Crippen LogP contribution >= 0.6 is 0 Å². The van der Waals surface area contributed by atoms with Gasteiger partial charge >= 0.3 is 5.97 Å². The van der Waals surface area contributed by atoms with E-state index in [1.54, 1.807) is 12.1 Å². The summed E-state index contributed by atoms with van der Waals surface area (Å²) in [4.78, 5) is 28.5. The van der Waals surface area contributed by atoms with Crippen molar-refractivity contribution < 1.29 is 28.2 Å². The summed E-state index contributed by atoms with van der Waals surface area (Å²) in [5.41, 5.74) is 1.86. The van der Waals surface area contributed by atoms with Crippen LogP contribution in [-0.2, 0) is 4.79 Å². The van der Waals surface area contributed by atoms with E-state index in [1.807, 2.05) is 19.1 Å². The first kappa shape index (κ1) is 21.9. The van der Waals surface area contributed by atoms with Crippen molar-refractivity contribution in [3.05, 3.63) is 83.1 Å². The Hall–Kier alpha value is -3.81. The number of benzene rings is 2. The van der Waals surface area contributed by atoms with E-state index in [2.05, 4.69) is 10.3 Å². The summed E-state index contributed by atoms with van der Waals surface area (Å²) in [7, 11) is 1.39. The summed E-state index contributed by atoms with van der Waals surface area (Å²) in [6, 6.07) is 12.5. The van der Waals surface area contributed by atoms with Gasteiger partial charge < -0.3 is 15.2 Å². The average Bonchev–Trinajstić information content (AvgIpc) is 2.74. The van der Waals surface area contributed by atoms with E-state index < -0.39 is 29.6 Å². The van der Waals surface area contributed by atoms with Crippen LogP contribution in [0.25, 0.3) is 11.3 Å². The molecule has 0 radical (unpaired) electrons. The Morgan fingerprint density at radius 3 is 2.48 bits per heavy atom. The van der Waals surface area contributed by atoms with E-state index in [0.29, 0.717) is 5.56 Å². The van der Waals surface area contributed by atoms with Crippen molar-refractivity contribution >= 4 is 11.9 Å². The van der Waals surface area contributed by atoms with Crippen LogP contribution < -0.4 is 10.1 Å². The fraction of sp³-hybridized carbons (Fsp3) is 0.174. The smallest absolute Gasteiger partial charge is 0.305 e. The number of carbonyl (C=O) groups is 2. The molecular formula is C23H20F2N2O4. The molecule has 2 aromatic carbocycles. The number of pyridine rings is 1. The number of carboxylic acids is 1. The number of aryl methyl sites for hydroxylation is 1. The Kier molecular flexibility index (Phi) is 6.59. The van der Waals surface area contributed by atoms with Gasteiger partial charge in [-0.1, -0.05) is 24.3 Å². The average molecular weight is 426 g/mol. The van der Waals surface area contributed by atoms with E-state index in [-0.39, 0.29) is 29.1 Å². The summed E-state index contributed by atoms with van der Waals surface area (Å²) >= 11 is 0. The van der Waals surface area contributed by atoms with Gasteiger partial charge in [-0.2, -0.15) is 0 Å². The number of nitrogens with zero attached hydrogens (tertiary/aromatic N) is 1. The van der Waals surface area contributed by atoms with Gasteiger partial charge in [-0.05, 0) is 48.4 Å². The first-order valence-electron chi connectivity index (χ1n) is 9.38. The molecule has 1 heterocycles. The second kappa shape index (κ2) is 9.34. The maximum absolute atomic E-state index is 13.7. The summed E-state index contributed by atoms with van der Waals surface area (Å²) in [6.45, 7) is 1.82. The summed E-state index contributed by atoms with van der Waals surface area (Å²) in [6.07, 6.45) is -0.317. The van der Waals surface area contributed by atoms with Crippen molar-refractivity contribution in [2.45, 2.75) is 19.4 Å². The number of ether oxygens (including phenoxy) is 1. The maximum atomic E-state index is 13.7. The molecule has 0 aliphatic rings. The molecule has 0 aliphatic carbocycles. The van der Waals surface area contributed by atoms with Crippen LogP contribution in [0.3, 0.4) is 0 Å². The normalized spacial score (nSPS) is 11.6. The first-order chi connectivity index (χ1) is 14.8. The number of carbonyl (C=O) groups excluding carboxylic acids is 1. The highest BCUT2D eigenvalue weighted by atomic mass is 19.2. The van der Waals surface area contributed by atoms with Crippen LogP contribution in [0.2, 0.25) is 0 Å². The van der Waals surface area contributed by atoms with Gasteiger partial charge in [0.25, 0.3) is 5.91 Å². The number of aromatic nitrogens is 1. The fourth-order valence-corrected chi connectivity index (χ4v) is 3.21. The Morgan fingerprint density at radius 1 is 1.10 bits per heavy atom. The van der Waals surface area contributed by atoms with Gasteiger partial charge in [-0.25, -0.2) is 13.8 Å². The molecule has 1 amide bonds. The molecule has 31 heavy (non-hydrogen) atoms. The molecule has 3 rings (SSSR count). The van der Waals surface area contributed by atoms with Crippen molar-refractivity contribution in [1.82, 2.24) is 10.3 Å². The predicted molar refractivity (Wildman–Crippen MR) is 110 cm³/mol. The van der Waals surface area contributed by atoms with Crippen LogP contribution in [0.4, 0.5) is 8.78 Å². The third kappa shape index (κ3) is 5.03. The van der Waals surface area contributed by atoms with Crippen LogP contribution in [0.1, 0.15) is 34.1 Å². The number of nitrogens with one attached hydrogen (secondary N) is 1. The van der Waals surface area contributed by atoms with Crippen molar-refractivity contribution in [1.29, 1.82) is 0 Å². The molecule has 1 atom stereocenters. The summed E-state index contributed by atoms with van der Waals surface area (Å²) < 4.78 is 32.2. The lowest BCUT2D eigenvalue weighted by Gasteiger charge is -2.19. The number of carboxylic acid groups (broad SMARTS) is 1. The third-order valence-corrected chi connectivity index (χ3v) is 4.75. The zero-order chi connectivity index (χ0) is 22.5. The summed E-state index contributed by atoms with van der Waals surface area (Å²) in [5, 5.41) is 12.0. The van der Waals surface area contributed by atoms with E-state index in [1.165, 1.54) is 25.3 Å². The highest BCUT2D eigenvalue weighted by Crippen LogP contribution is 2.29. The second-order valence-electron chi connectivity index (χ2n) is 6.86. The molecule has 0 saturated carbocycles. The minimum absolute atomic E-state index is 0.0236. The monoisotopic (exact) mass is 426 g/mol. The zero-order valence-corrected chi connectivity index (χ0v) is 16.9. The van der Waals surface area contributed by atoms with Gasteiger partial charge in [0, 0.05) is 5.56 Å². The summed E-state index contributed by atoms with van der Waals surface area (Å²) in [5.74, 6) is -3.48. The largest absolute Gasteiger partial charge is 0.494 e. The minimum atomic E-state index is -1.07. The lowest BCUT2D eigenvalue weighted by atomic mass is 9.98. The molecule has 1 aromatic heterocycles. The van der Waals surface area contributed by atoms with Crippen molar-refractivity contribution in [2.24, 2.45) is 0 Å². The van der Waals surface area contributed by atoms with Crippen molar-refractivity contribution in [2.75, 3.05) is 7.11 Å². The Labute approximate surface area is 177 Å². The maximum Gasteiger partial charge on any atom is 0.305 e. The molecule has 0 spiro atoms. The minimum Gasteiger partial charge on any atom is -0.494 e. The van der Waals surface area contributed by atoms with Crippen molar-refractivity contribution in [3.63, 3.8) is 0 Å². The lowest BCUT2D eigenvalue weighted by molar-refractivity contribution is -0.137. The second-order valence-corrected chi connectivity index (χ2v) is 6.86. The van der Waals surface area contributed by atoms with Gasteiger partial charge in [-0.3, -0.25) is 9.59 Å². The first-order valence-corrected chi connectivity index (χ1v) is 9.38. The lowest BCUT2D eigenvalue weighted by Crippen LogP contribution is -2.31. The van der Waals surface area contributed by atoms with Gasteiger partial charge in [0.1, 0.15) is 17.1 Å². The number of aliphatic carboxylic acids is 1. The number of halogens is 2. The third-order valence-electron chi connectivity index (χ3n) is 4.75. The molecule has 2 N–H and O–H groups in total. The molecule has 0 unspecified atom stereocenters. The standard InChI is InChI=1S/C23H20F2N2O4/c1-13-5-3-4-6-15(13)19(12-21(28)29)27-23(30)18-9-10-20(31-2)22(26-18)14-7-8-16(24)17(25)11-14/h3-11,19H,12H2,1-2H3,(H,27,30)(H,28,29)/t19-/m0/s1. The highest BCUT2D eigenvalue weighted by molar-refractivity contribution is 5.93. The highest BCUT2D eigenvalue weighted by Gasteiger charge is 2.22. The molecule has 0 bridgehead atoms. The van der Waals surface area contributed by atoms with E-state index in [4.69, 9.17) is 4.74 Å². The number of amides is 1. The zero-order valence-electron chi connectivity index (χ0n) is 16.9. The number of methoxy groups -OCH3 is 1. The molecule has 0 aliphatic heterocycles.